The van der Waals surface area contributed by atoms with Crippen molar-refractivity contribution in [2.24, 2.45) is 5.92 Å². The summed E-state index contributed by atoms with van der Waals surface area (Å²) in [5.74, 6) is 6.45. The van der Waals surface area contributed by atoms with Crippen LogP contribution in [0.15, 0.2) is 11.4 Å². The van der Waals surface area contributed by atoms with E-state index in [1.807, 2.05) is 5.38 Å². The van der Waals surface area contributed by atoms with Crippen LogP contribution in [0.5, 0.6) is 0 Å². The summed E-state index contributed by atoms with van der Waals surface area (Å²) in [4.78, 5) is 12.6. The van der Waals surface area contributed by atoms with E-state index in [2.05, 4.69) is 17.2 Å². The standard InChI is InChI=1S/C13H15NO2S/c15-6-2-1-3-12-7-11(9-17-12)13(16)14-8-10-4-5-10/h7,9-10,15H,2,4-6,8H2,(H,14,16). The number of aliphatic hydroxyl groups excluding tert-OH is 1. The third kappa shape index (κ3) is 3.88. The zero-order valence-corrected chi connectivity index (χ0v) is 10.3. The van der Waals surface area contributed by atoms with E-state index < -0.39 is 0 Å². The minimum Gasteiger partial charge on any atom is -0.395 e. The summed E-state index contributed by atoms with van der Waals surface area (Å²) in [7, 11) is 0. The maximum Gasteiger partial charge on any atom is 0.252 e. The molecule has 17 heavy (non-hydrogen) atoms. The molecule has 0 spiro atoms. The van der Waals surface area contributed by atoms with Crippen LogP contribution in [0.25, 0.3) is 0 Å². The minimum atomic E-state index is -0.0108. The van der Waals surface area contributed by atoms with Crippen molar-refractivity contribution in [1.82, 2.24) is 5.32 Å². The highest BCUT2D eigenvalue weighted by atomic mass is 32.1. The molecule has 1 aliphatic rings. The van der Waals surface area contributed by atoms with Crippen molar-refractivity contribution in [3.63, 3.8) is 0 Å². The Morgan fingerprint density at radius 1 is 1.59 bits per heavy atom. The molecule has 4 heteroatoms. The lowest BCUT2D eigenvalue weighted by molar-refractivity contribution is 0.0952. The smallest absolute Gasteiger partial charge is 0.252 e. The predicted octanol–water partition coefficient (Wildman–Crippen LogP) is 1.62. The number of carbonyl (C=O) groups excluding carboxylic acids is 1. The summed E-state index contributed by atoms with van der Waals surface area (Å²) in [6.45, 7) is 0.868. The van der Waals surface area contributed by atoms with Gasteiger partial charge < -0.3 is 10.4 Å². The molecule has 90 valence electrons. The van der Waals surface area contributed by atoms with Gasteiger partial charge in [0, 0.05) is 18.3 Å². The Bertz CT molecular complexity index is 451. The van der Waals surface area contributed by atoms with Gasteiger partial charge in [-0.25, -0.2) is 0 Å². The predicted molar refractivity (Wildman–Crippen MR) is 68.0 cm³/mol. The molecule has 1 aromatic heterocycles. The Balaban J connectivity index is 1.88. The molecule has 1 fully saturated rings. The number of nitrogens with one attached hydrogen (secondary N) is 1. The second-order valence-electron chi connectivity index (χ2n) is 4.13. The van der Waals surface area contributed by atoms with E-state index in [0.29, 0.717) is 17.9 Å². The number of thiophene rings is 1. The van der Waals surface area contributed by atoms with E-state index in [9.17, 15) is 4.79 Å². The van der Waals surface area contributed by atoms with Crippen LogP contribution in [-0.4, -0.2) is 24.2 Å². The molecule has 1 amide bonds. The van der Waals surface area contributed by atoms with E-state index in [4.69, 9.17) is 5.11 Å². The molecule has 2 N–H and O–H groups in total. The van der Waals surface area contributed by atoms with Gasteiger partial charge in [-0.15, -0.1) is 11.3 Å². The fourth-order valence-electron chi connectivity index (χ4n) is 1.39. The minimum absolute atomic E-state index is 0.0108. The van der Waals surface area contributed by atoms with Crippen LogP contribution in [0.1, 0.15) is 34.5 Å². The average Bonchev–Trinajstić information content (AvgIpc) is 3.04. The summed E-state index contributed by atoms with van der Waals surface area (Å²) in [6.07, 6.45) is 2.95. The third-order valence-electron chi connectivity index (χ3n) is 2.56. The molecule has 1 aromatic rings. The van der Waals surface area contributed by atoms with Gasteiger partial charge in [0.25, 0.3) is 5.91 Å². The molecule has 0 saturated heterocycles. The van der Waals surface area contributed by atoms with Gasteiger partial charge in [0.15, 0.2) is 0 Å². The maximum absolute atomic E-state index is 11.7. The fourth-order valence-corrected chi connectivity index (χ4v) is 2.14. The van der Waals surface area contributed by atoms with Crippen molar-refractivity contribution < 1.29 is 9.90 Å². The van der Waals surface area contributed by atoms with Gasteiger partial charge in [0.2, 0.25) is 0 Å². The largest absolute Gasteiger partial charge is 0.395 e. The molecular weight excluding hydrogens is 234 g/mol. The van der Waals surface area contributed by atoms with E-state index >= 15 is 0 Å². The van der Waals surface area contributed by atoms with Crippen molar-refractivity contribution in [3.05, 3.63) is 21.9 Å². The molecule has 0 unspecified atom stereocenters. The molecule has 0 aromatic carbocycles. The molecule has 0 radical (unpaired) electrons. The molecule has 0 aliphatic heterocycles. The summed E-state index contributed by atoms with van der Waals surface area (Å²) >= 11 is 1.46. The summed E-state index contributed by atoms with van der Waals surface area (Å²) in [6, 6.07) is 1.80. The van der Waals surface area contributed by atoms with Crippen molar-refractivity contribution in [3.8, 4) is 11.8 Å². The highest BCUT2D eigenvalue weighted by molar-refractivity contribution is 7.10. The first-order chi connectivity index (χ1) is 8.29. The fraction of sp³-hybridized carbons (Fsp3) is 0.462. The van der Waals surface area contributed by atoms with E-state index in [0.717, 1.165) is 11.4 Å². The van der Waals surface area contributed by atoms with Gasteiger partial charge in [-0.05, 0) is 24.8 Å². The molecule has 1 heterocycles. The zero-order chi connectivity index (χ0) is 12.1. The Labute approximate surface area is 105 Å². The van der Waals surface area contributed by atoms with Crippen LogP contribution in [0, 0.1) is 17.8 Å². The quantitative estimate of drug-likeness (QED) is 0.797. The van der Waals surface area contributed by atoms with Crippen LogP contribution in [0.2, 0.25) is 0 Å². The van der Waals surface area contributed by atoms with Crippen LogP contribution in [0.4, 0.5) is 0 Å². The molecule has 0 bridgehead atoms. The number of rotatable bonds is 4. The highest BCUT2D eigenvalue weighted by Gasteiger charge is 2.21. The Morgan fingerprint density at radius 2 is 2.41 bits per heavy atom. The number of hydrogen-bond acceptors (Lipinski definition) is 3. The molecule has 2 rings (SSSR count). The van der Waals surface area contributed by atoms with Crippen molar-refractivity contribution in [1.29, 1.82) is 0 Å². The van der Waals surface area contributed by atoms with Crippen LogP contribution in [-0.2, 0) is 0 Å². The Morgan fingerprint density at radius 3 is 3.12 bits per heavy atom. The monoisotopic (exact) mass is 249 g/mol. The molecular formula is C13H15NO2S. The van der Waals surface area contributed by atoms with Gasteiger partial charge in [0.05, 0.1) is 17.0 Å². The number of amides is 1. The van der Waals surface area contributed by atoms with Gasteiger partial charge >= 0.3 is 0 Å². The molecule has 3 nitrogen and oxygen atoms in total. The van der Waals surface area contributed by atoms with Crippen LogP contribution in [0.3, 0.4) is 0 Å². The third-order valence-corrected chi connectivity index (χ3v) is 3.40. The zero-order valence-electron chi connectivity index (χ0n) is 9.53. The maximum atomic E-state index is 11.7. The summed E-state index contributed by atoms with van der Waals surface area (Å²) in [5.41, 5.74) is 0.684. The number of aliphatic hydroxyl groups is 1. The first-order valence-corrected chi connectivity index (χ1v) is 6.64. The highest BCUT2D eigenvalue weighted by Crippen LogP contribution is 2.27. The number of hydrogen-bond donors (Lipinski definition) is 2. The number of carbonyl (C=O) groups is 1. The second-order valence-corrected chi connectivity index (χ2v) is 5.04. The van der Waals surface area contributed by atoms with Crippen LogP contribution < -0.4 is 5.32 Å². The van der Waals surface area contributed by atoms with E-state index in [1.165, 1.54) is 24.2 Å². The SMILES string of the molecule is O=C(NCC1CC1)c1csc(C#CCCO)c1. The molecule has 0 atom stereocenters. The lowest BCUT2D eigenvalue weighted by Gasteiger charge is -2.00. The Kier molecular flexibility index (Phi) is 4.18. The topological polar surface area (TPSA) is 49.3 Å². The first kappa shape index (κ1) is 12.2. The van der Waals surface area contributed by atoms with Gasteiger partial charge in [-0.2, -0.15) is 0 Å². The summed E-state index contributed by atoms with van der Waals surface area (Å²) in [5, 5.41) is 13.3. The average molecular weight is 249 g/mol. The Hall–Kier alpha value is -1.31. The van der Waals surface area contributed by atoms with Gasteiger partial charge in [0.1, 0.15) is 0 Å². The lowest BCUT2D eigenvalue weighted by atomic mass is 10.3. The van der Waals surface area contributed by atoms with Crippen molar-refractivity contribution in [2.75, 3.05) is 13.2 Å². The van der Waals surface area contributed by atoms with E-state index in [1.54, 1.807) is 6.07 Å². The van der Waals surface area contributed by atoms with Crippen molar-refractivity contribution in [2.45, 2.75) is 19.3 Å². The van der Waals surface area contributed by atoms with Gasteiger partial charge in [-0.3, -0.25) is 4.79 Å². The van der Waals surface area contributed by atoms with Gasteiger partial charge in [-0.1, -0.05) is 11.8 Å². The first-order valence-electron chi connectivity index (χ1n) is 5.76. The normalized spacial score (nSPS) is 13.9. The molecule has 1 aliphatic carbocycles. The van der Waals surface area contributed by atoms with Crippen molar-refractivity contribution >= 4 is 17.2 Å². The molecule has 1 saturated carbocycles. The second kappa shape index (κ2) is 5.85. The lowest BCUT2D eigenvalue weighted by Crippen LogP contribution is -2.24. The van der Waals surface area contributed by atoms with E-state index in [-0.39, 0.29) is 12.5 Å². The summed E-state index contributed by atoms with van der Waals surface area (Å²) < 4.78 is 0. The van der Waals surface area contributed by atoms with Crippen LogP contribution >= 0.6 is 11.3 Å².